The quantitative estimate of drug-likeness (QED) is 0.830. The van der Waals surface area contributed by atoms with E-state index in [0.717, 1.165) is 21.5 Å². The Labute approximate surface area is 108 Å². The highest BCUT2D eigenvalue weighted by atomic mass is 79.9. The molecule has 0 bridgehead atoms. The molecule has 2 nitrogen and oxygen atoms in total. The summed E-state index contributed by atoms with van der Waals surface area (Å²) in [6.45, 7) is 2.01. The first-order valence-electron chi connectivity index (χ1n) is 5.19. The first-order chi connectivity index (χ1) is 8.08. The molecule has 0 saturated carbocycles. The van der Waals surface area contributed by atoms with Gasteiger partial charge in [0.2, 0.25) is 0 Å². The average Bonchev–Trinajstić information content (AvgIpc) is 2.33. The summed E-state index contributed by atoms with van der Waals surface area (Å²) in [4.78, 5) is 6.24. The van der Waals surface area contributed by atoms with Crippen LogP contribution in [0.5, 0.6) is 0 Å². The van der Waals surface area contributed by atoms with Gasteiger partial charge in [0.05, 0.1) is 0 Å². The first kappa shape index (κ1) is 12.0. The van der Waals surface area contributed by atoms with Crippen molar-refractivity contribution in [2.45, 2.75) is 6.92 Å². The fourth-order valence-electron chi connectivity index (χ4n) is 1.50. The molecular formula is C13H12BrFN2. The number of hydrogen-bond donors (Lipinski definition) is 0. The molecule has 4 heteroatoms. The van der Waals surface area contributed by atoms with Crippen molar-refractivity contribution in [3.8, 4) is 0 Å². The number of nitrogens with zero attached hydrogens (tertiary/aromatic N) is 2. The van der Waals surface area contributed by atoms with Crippen molar-refractivity contribution >= 4 is 27.4 Å². The van der Waals surface area contributed by atoms with Crippen LogP contribution in [0.3, 0.4) is 0 Å². The third-order valence-electron chi connectivity index (χ3n) is 2.59. The zero-order valence-electron chi connectivity index (χ0n) is 9.61. The van der Waals surface area contributed by atoms with Crippen molar-refractivity contribution in [2.75, 3.05) is 11.9 Å². The molecule has 0 saturated heterocycles. The summed E-state index contributed by atoms with van der Waals surface area (Å²) < 4.78 is 13.8. The lowest BCUT2D eigenvalue weighted by molar-refractivity contribution is 0.628. The first-order valence-corrected chi connectivity index (χ1v) is 5.98. The summed E-state index contributed by atoms with van der Waals surface area (Å²) in [6, 6.07) is 8.32. The number of halogens is 2. The van der Waals surface area contributed by atoms with Crippen LogP contribution in [0, 0.1) is 12.7 Å². The number of aryl methyl sites for hydroxylation is 1. The Morgan fingerprint density at radius 1 is 1.24 bits per heavy atom. The SMILES string of the molecule is Cc1cc(N(C)c2ccc(F)cc2)ncc1Br. The molecule has 0 unspecified atom stereocenters. The van der Waals surface area contributed by atoms with Crippen molar-refractivity contribution < 1.29 is 4.39 Å². The van der Waals surface area contributed by atoms with Crippen LogP contribution in [0.25, 0.3) is 0 Å². The lowest BCUT2D eigenvalue weighted by Crippen LogP contribution is -2.11. The van der Waals surface area contributed by atoms with Crippen LogP contribution in [0.1, 0.15) is 5.56 Å². The molecule has 0 N–H and O–H groups in total. The second-order valence-corrected chi connectivity index (χ2v) is 4.68. The maximum Gasteiger partial charge on any atom is 0.132 e. The largest absolute Gasteiger partial charge is 0.329 e. The zero-order valence-corrected chi connectivity index (χ0v) is 11.2. The predicted octanol–water partition coefficient (Wildman–Crippen LogP) is 4.06. The van der Waals surface area contributed by atoms with Gasteiger partial charge >= 0.3 is 0 Å². The Kier molecular flexibility index (Phi) is 3.43. The Bertz CT molecular complexity index is 525. The van der Waals surface area contributed by atoms with Crippen LogP contribution in [0.4, 0.5) is 15.9 Å². The van der Waals surface area contributed by atoms with Crippen molar-refractivity contribution in [3.05, 3.63) is 52.4 Å². The minimum Gasteiger partial charge on any atom is -0.329 e. The molecule has 0 radical (unpaired) electrons. The summed E-state index contributed by atoms with van der Waals surface area (Å²) >= 11 is 3.41. The molecule has 0 amide bonds. The molecule has 2 aromatic rings. The number of anilines is 2. The standard InChI is InChI=1S/C13H12BrFN2/c1-9-7-13(16-8-12(9)14)17(2)11-5-3-10(15)4-6-11/h3-8H,1-2H3. The highest BCUT2D eigenvalue weighted by molar-refractivity contribution is 9.10. The molecule has 88 valence electrons. The lowest BCUT2D eigenvalue weighted by atomic mass is 10.2. The van der Waals surface area contributed by atoms with E-state index in [9.17, 15) is 4.39 Å². The summed E-state index contributed by atoms with van der Waals surface area (Å²) in [5.74, 6) is 0.597. The minimum absolute atomic E-state index is 0.234. The van der Waals surface area contributed by atoms with E-state index < -0.39 is 0 Å². The molecule has 0 spiro atoms. The van der Waals surface area contributed by atoms with E-state index in [1.54, 1.807) is 18.3 Å². The van der Waals surface area contributed by atoms with Crippen LogP contribution in [0.2, 0.25) is 0 Å². The van der Waals surface area contributed by atoms with Crippen LogP contribution in [-0.2, 0) is 0 Å². The van der Waals surface area contributed by atoms with E-state index in [-0.39, 0.29) is 5.82 Å². The number of rotatable bonds is 2. The number of aromatic nitrogens is 1. The number of hydrogen-bond acceptors (Lipinski definition) is 2. The molecular weight excluding hydrogens is 283 g/mol. The molecule has 0 aliphatic carbocycles. The van der Waals surface area contributed by atoms with Gasteiger partial charge in [-0.15, -0.1) is 0 Å². The Morgan fingerprint density at radius 3 is 2.47 bits per heavy atom. The average molecular weight is 295 g/mol. The Balaban J connectivity index is 2.33. The molecule has 1 aromatic carbocycles. The Hall–Kier alpha value is -1.42. The molecule has 17 heavy (non-hydrogen) atoms. The maximum absolute atomic E-state index is 12.8. The fraction of sp³-hybridized carbons (Fsp3) is 0.154. The molecule has 1 aromatic heterocycles. The highest BCUT2D eigenvalue weighted by Gasteiger charge is 2.06. The summed E-state index contributed by atoms with van der Waals surface area (Å²) in [5.41, 5.74) is 2.02. The number of benzene rings is 1. The van der Waals surface area contributed by atoms with Gasteiger partial charge in [-0.1, -0.05) is 0 Å². The Morgan fingerprint density at radius 2 is 1.88 bits per heavy atom. The van der Waals surface area contributed by atoms with Gasteiger partial charge in [0.1, 0.15) is 11.6 Å². The summed E-state index contributed by atoms with van der Waals surface area (Å²) in [7, 11) is 1.91. The van der Waals surface area contributed by atoms with Crippen molar-refractivity contribution in [2.24, 2.45) is 0 Å². The van der Waals surface area contributed by atoms with Crippen LogP contribution >= 0.6 is 15.9 Å². The topological polar surface area (TPSA) is 16.1 Å². The van der Waals surface area contributed by atoms with Crippen molar-refractivity contribution in [1.29, 1.82) is 0 Å². The molecule has 0 aliphatic heterocycles. The van der Waals surface area contributed by atoms with E-state index >= 15 is 0 Å². The lowest BCUT2D eigenvalue weighted by Gasteiger charge is -2.18. The van der Waals surface area contributed by atoms with Gasteiger partial charge < -0.3 is 4.90 Å². The predicted molar refractivity (Wildman–Crippen MR) is 71.1 cm³/mol. The second kappa shape index (κ2) is 4.84. The number of pyridine rings is 1. The maximum atomic E-state index is 12.8. The van der Waals surface area contributed by atoms with Crippen LogP contribution < -0.4 is 4.90 Å². The van der Waals surface area contributed by atoms with E-state index in [1.807, 2.05) is 24.9 Å². The molecule has 0 atom stereocenters. The van der Waals surface area contributed by atoms with Gasteiger partial charge in [-0.2, -0.15) is 0 Å². The molecule has 1 heterocycles. The molecule has 2 rings (SSSR count). The minimum atomic E-state index is -0.234. The smallest absolute Gasteiger partial charge is 0.132 e. The van der Waals surface area contributed by atoms with E-state index in [4.69, 9.17) is 0 Å². The van der Waals surface area contributed by atoms with E-state index in [2.05, 4.69) is 20.9 Å². The zero-order chi connectivity index (χ0) is 12.4. The summed E-state index contributed by atoms with van der Waals surface area (Å²) in [6.07, 6.45) is 1.77. The highest BCUT2D eigenvalue weighted by Crippen LogP contribution is 2.25. The third-order valence-corrected chi connectivity index (χ3v) is 3.42. The van der Waals surface area contributed by atoms with Gasteiger partial charge in [0.25, 0.3) is 0 Å². The van der Waals surface area contributed by atoms with E-state index in [1.165, 1.54) is 12.1 Å². The molecule has 0 fully saturated rings. The fourth-order valence-corrected chi connectivity index (χ4v) is 1.72. The van der Waals surface area contributed by atoms with Crippen molar-refractivity contribution in [1.82, 2.24) is 4.98 Å². The monoisotopic (exact) mass is 294 g/mol. The van der Waals surface area contributed by atoms with Gasteiger partial charge in [-0.05, 0) is 58.7 Å². The van der Waals surface area contributed by atoms with Crippen LogP contribution in [0.15, 0.2) is 41.0 Å². The summed E-state index contributed by atoms with van der Waals surface area (Å²) in [5, 5.41) is 0. The normalized spacial score (nSPS) is 10.4. The molecule has 0 aliphatic rings. The van der Waals surface area contributed by atoms with Crippen molar-refractivity contribution in [3.63, 3.8) is 0 Å². The van der Waals surface area contributed by atoms with Gasteiger partial charge in [-0.3, -0.25) is 0 Å². The van der Waals surface area contributed by atoms with E-state index in [0.29, 0.717) is 0 Å². The third kappa shape index (κ3) is 2.64. The van der Waals surface area contributed by atoms with Crippen LogP contribution in [-0.4, -0.2) is 12.0 Å². The van der Waals surface area contributed by atoms with Gasteiger partial charge in [-0.25, -0.2) is 9.37 Å². The second-order valence-electron chi connectivity index (χ2n) is 3.83. The van der Waals surface area contributed by atoms with Gasteiger partial charge in [0, 0.05) is 23.4 Å². The van der Waals surface area contributed by atoms with Gasteiger partial charge in [0.15, 0.2) is 0 Å².